The van der Waals surface area contributed by atoms with E-state index in [1.807, 2.05) is 12.1 Å². The Hall–Kier alpha value is -3.53. The van der Waals surface area contributed by atoms with Crippen LogP contribution in [0.15, 0.2) is 40.2 Å². The summed E-state index contributed by atoms with van der Waals surface area (Å²) in [5.74, 6) is -0.199. The highest BCUT2D eigenvalue weighted by molar-refractivity contribution is 5.92. The Morgan fingerprint density at radius 3 is 2.50 bits per heavy atom. The number of pyridine rings is 2. The first kappa shape index (κ1) is 21.7. The molecular formula is C22H27N7O3. The number of aromatic amines is 1. The summed E-state index contributed by atoms with van der Waals surface area (Å²) in [7, 11) is 1.58. The minimum atomic E-state index is -0.416. The van der Waals surface area contributed by atoms with E-state index in [1.54, 1.807) is 39.4 Å². The van der Waals surface area contributed by atoms with Crippen molar-refractivity contribution in [2.75, 3.05) is 38.1 Å². The fourth-order valence-corrected chi connectivity index (χ4v) is 3.97. The molecule has 0 atom stereocenters. The quantitative estimate of drug-likeness (QED) is 0.605. The highest BCUT2D eigenvalue weighted by Crippen LogP contribution is 2.17. The van der Waals surface area contributed by atoms with E-state index in [4.69, 9.17) is 0 Å². The molecule has 1 fully saturated rings. The fourth-order valence-electron chi connectivity index (χ4n) is 3.97. The number of amides is 1. The number of H-pyrrole nitrogens is 1. The normalized spacial score (nSPS) is 14.8. The molecule has 1 amide bonds. The van der Waals surface area contributed by atoms with E-state index >= 15 is 0 Å². The number of carbonyl (C=O) groups is 1. The van der Waals surface area contributed by atoms with Crippen molar-refractivity contribution < 1.29 is 4.79 Å². The number of hydrogen-bond acceptors (Lipinski definition) is 7. The standard InChI is InChI=1S/C22H27N7O3/c1-14(2)29-21(31)19-18(26-22(29)32)10-15(11-25-19)13-27-6-8-28(9-7-27)16-4-5-17(24-12-16)20(30)23-3/h4-5,10-12,14H,6-9,13H2,1-3H3,(H,23,30)(H,26,32). The molecule has 1 saturated heterocycles. The molecule has 0 bridgehead atoms. The highest BCUT2D eigenvalue weighted by atomic mass is 16.2. The van der Waals surface area contributed by atoms with Crippen molar-refractivity contribution >= 4 is 22.6 Å². The Morgan fingerprint density at radius 1 is 1.12 bits per heavy atom. The largest absolute Gasteiger partial charge is 0.368 e. The molecule has 3 aromatic heterocycles. The molecule has 1 aliphatic heterocycles. The first-order valence-electron chi connectivity index (χ1n) is 10.7. The summed E-state index contributed by atoms with van der Waals surface area (Å²) in [5.41, 5.74) is 2.30. The van der Waals surface area contributed by atoms with Gasteiger partial charge in [-0.05, 0) is 37.6 Å². The molecule has 4 heterocycles. The van der Waals surface area contributed by atoms with Gasteiger partial charge in [-0.3, -0.25) is 19.1 Å². The van der Waals surface area contributed by atoms with Crippen LogP contribution in [0.4, 0.5) is 5.69 Å². The zero-order valence-corrected chi connectivity index (χ0v) is 18.5. The van der Waals surface area contributed by atoms with Crippen molar-refractivity contribution in [1.82, 2.24) is 29.7 Å². The topological polar surface area (TPSA) is 116 Å². The molecule has 0 spiro atoms. The van der Waals surface area contributed by atoms with Crippen LogP contribution in [-0.2, 0) is 6.54 Å². The monoisotopic (exact) mass is 437 g/mol. The van der Waals surface area contributed by atoms with Crippen LogP contribution in [0.5, 0.6) is 0 Å². The summed E-state index contributed by atoms with van der Waals surface area (Å²) in [6.07, 6.45) is 3.44. The average Bonchev–Trinajstić information content (AvgIpc) is 2.79. The number of nitrogens with one attached hydrogen (secondary N) is 2. The van der Waals surface area contributed by atoms with E-state index in [0.29, 0.717) is 17.8 Å². The number of nitrogens with zero attached hydrogens (tertiary/aromatic N) is 5. The van der Waals surface area contributed by atoms with Crippen LogP contribution in [0.3, 0.4) is 0 Å². The van der Waals surface area contributed by atoms with Gasteiger partial charge in [-0.25, -0.2) is 14.8 Å². The molecule has 0 saturated carbocycles. The molecule has 0 unspecified atom stereocenters. The van der Waals surface area contributed by atoms with Crippen LogP contribution in [-0.4, -0.2) is 63.6 Å². The van der Waals surface area contributed by atoms with Crippen LogP contribution in [0, 0.1) is 0 Å². The van der Waals surface area contributed by atoms with Crippen LogP contribution in [0.2, 0.25) is 0 Å². The molecule has 3 aromatic rings. The van der Waals surface area contributed by atoms with Gasteiger partial charge in [-0.15, -0.1) is 0 Å². The van der Waals surface area contributed by atoms with Gasteiger partial charge < -0.3 is 15.2 Å². The second-order valence-corrected chi connectivity index (χ2v) is 8.18. The molecule has 32 heavy (non-hydrogen) atoms. The van der Waals surface area contributed by atoms with E-state index < -0.39 is 5.69 Å². The first-order valence-corrected chi connectivity index (χ1v) is 10.7. The van der Waals surface area contributed by atoms with E-state index in [0.717, 1.165) is 37.4 Å². The van der Waals surface area contributed by atoms with Crippen molar-refractivity contribution in [3.63, 3.8) is 0 Å². The van der Waals surface area contributed by atoms with E-state index in [2.05, 4.69) is 30.1 Å². The molecule has 0 aliphatic carbocycles. The molecule has 0 radical (unpaired) electrons. The minimum Gasteiger partial charge on any atom is -0.368 e. The van der Waals surface area contributed by atoms with Crippen LogP contribution in [0.1, 0.15) is 35.9 Å². The molecule has 0 aromatic carbocycles. The van der Waals surface area contributed by atoms with Gasteiger partial charge in [0.2, 0.25) is 0 Å². The third-order valence-electron chi connectivity index (χ3n) is 5.69. The van der Waals surface area contributed by atoms with Gasteiger partial charge in [0.1, 0.15) is 5.69 Å². The van der Waals surface area contributed by atoms with Gasteiger partial charge in [0.15, 0.2) is 5.52 Å². The SMILES string of the molecule is CNC(=O)c1ccc(N2CCN(Cc3cnc4c(=O)n(C(C)C)c(=O)[nH]c4c3)CC2)cn1. The van der Waals surface area contributed by atoms with Crippen molar-refractivity contribution in [2.24, 2.45) is 0 Å². The van der Waals surface area contributed by atoms with E-state index in [9.17, 15) is 14.4 Å². The Labute approximate surface area is 184 Å². The van der Waals surface area contributed by atoms with Gasteiger partial charge in [-0.2, -0.15) is 0 Å². The predicted molar refractivity (Wildman–Crippen MR) is 122 cm³/mol. The van der Waals surface area contributed by atoms with Gasteiger partial charge in [0, 0.05) is 52.0 Å². The summed E-state index contributed by atoms with van der Waals surface area (Å²) in [5, 5.41) is 2.57. The lowest BCUT2D eigenvalue weighted by Gasteiger charge is -2.36. The third-order valence-corrected chi connectivity index (χ3v) is 5.69. The smallest absolute Gasteiger partial charge is 0.329 e. The lowest BCUT2D eigenvalue weighted by Crippen LogP contribution is -2.46. The number of carbonyl (C=O) groups excluding carboxylic acids is 1. The Kier molecular flexibility index (Phi) is 6.04. The maximum Gasteiger partial charge on any atom is 0.329 e. The number of hydrogen-bond donors (Lipinski definition) is 2. The molecule has 168 valence electrons. The molecule has 2 N–H and O–H groups in total. The molecule has 10 nitrogen and oxygen atoms in total. The molecule has 1 aliphatic rings. The van der Waals surface area contributed by atoms with Gasteiger partial charge in [0.25, 0.3) is 11.5 Å². The number of aromatic nitrogens is 4. The number of rotatable bonds is 5. The average molecular weight is 438 g/mol. The summed E-state index contributed by atoms with van der Waals surface area (Å²) in [6, 6.07) is 5.25. The highest BCUT2D eigenvalue weighted by Gasteiger charge is 2.19. The lowest BCUT2D eigenvalue weighted by atomic mass is 10.2. The van der Waals surface area contributed by atoms with Gasteiger partial charge in [-0.1, -0.05) is 0 Å². The molecule has 4 rings (SSSR count). The number of fused-ring (bicyclic) bond motifs is 1. The fraction of sp³-hybridized carbons (Fsp3) is 0.409. The number of piperazine rings is 1. The lowest BCUT2D eigenvalue weighted by molar-refractivity contribution is 0.0958. The van der Waals surface area contributed by atoms with Crippen LogP contribution < -0.4 is 21.5 Å². The second-order valence-electron chi connectivity index (χ2n) is 8.18. The van der Waals surface area contributed by atoms with E-state index in [1.165, 1.54) is 4.57 Å². The predicted octanol–water partition coefficient (Wildman–Crippen LogP) is 0.743. The van der Waals surface area contributed by atoms with Gasteiger partial charge in [0.05, 0.1) is 17.4 Å². The van der Waals surface area contributed by atoms with E-state index in [-0.39, 0.29) is 23.0 Å². The molecule has 10 heteroatoms. The zero-order valence-electron chi connectivity index (χ0n) is 18.5. The zero-order chi connectivity index (χ0) is 22.8. The molecular weight excluding hydrogens is 410 g/mol. The summed E-state index contributed by atoms with van der Waals surface area (Å²) < 4.78 is 1.18. The van der Waals surface area contributed by atoms with Crippen LogP contribution in [0.25, 0.3) is 11.0 Å². The third kappa shape index (κ3) is 4.26. The Balaban J connectivity index is 1.43. The Bertz CT molecular complexity index is 1240. The summed E-state index contributed by atoms with van der Waals surface area (Å²) in [4.78, 5) is 52.4. The van der Waals surface area contributed by atoms with Crippen molar-refractivity contribution in [1.29, 1.82) is 0 Å². The second kappa shape index (κ2) is 8.91. The first-order chi connectivity index (χ1) is 15.4. The maximum atomic E-state index is 12.6. The van der Waals surface area contributed by atoms with Gasteiger partial charge >= 0.3 is 5.69 Å². The summed E-state index contributed by atoms with van der Waals surface area (Å²) in [6.45, 7) is 7.63. The number of anilines is 1. The minimum absolute atomic E-state index is 0.199. The van der Waals surface area contributed by atoms with Crippen molar-refractivity contribution in [3.05, 3.63) is 62.7 Å². The van der Waals surface area contributed by atoms with Crippen molar-refractivity contribution in [3.8, 4) is 0 Å². The van der Waals surface area contributed by atoms with Crippen molar-refractivity contribution in [2.45, 2.75) is 26.4 Å². The Morgan fingerprint density at radius 2 is 1.88 bits per heavy atom. The summed E-state index contributed by atoms with van der Waals surface area (Å²) >= 11 is 0. The maximum absolute atomic E-state index is 12.6. The van der Waals surface area contributed by atoms with Crippen LogP contribution >= 0.6 is 0 Å².